The summed E-state index contributed by atoms with van der Waals surface area (Å²) in [5.41, 5.74) is 3.61. The highest BCUT2D eigenvalue weighted by Gasteiger charge is 2.54. The fourth-order valence-corrected chi connectivity index (χ4v) is 8.26. The molecule has 0 bridgehead atoms. The van der Waals surface area contributed by atoms with Gasteiger partial charge in [0.2, 0.25) is 6.43 Å². The number of nitrogens with one attached hydrogen (secondary N) is 1. The third-order valence-electron chi connectivity index (χ3n) is 10.3. The van der Waals surface area contributed by atoms with Crippen molar-refractivity contribution in [3.8, 4) is 5.75 Å². The predicted octanol–water partition coefficient (Wildman–Crippen LogP) is 8.44. The van der Waals surface area contributed by atoms with E-state index in [1.54, 1.807) is 18.3 Å². The smallest absolute Gasteiger partial charge is 0.329 e. The summed E-state index contributed by atoms with van der Waals surface area (Å²) in [7, 11) is 0. The first-order valence-electron chi connectivity index (χ1n) is 15.4. The van der Waals surface area contributed by atoms with Crippen molar-refractivity contribution in [2.75, 3.05) is 11.9 Å². The molecule has 1 aromatic heterocycles. The Bertz CT molecular complexity index is 1470. The maximum atomic E-state index is 13.7. The number of rotatable bonds is 9. The van der Waals surface area contributed by atoms with Gasteiger partial charge in [-0.3, -0.25) is 4.98 Å². The summed E-state index contributed by atoms with van der Waals surface area (Å²) in [6.07, 6.45) is 5.53. The Balaban J connectivity index is 1.18. The number of carboxylic acids is 1. The molecular weight excluding hydrogens is 570 g/mol. The Morgan fingerprint density at radius 3 is 2.67 bits per heavy atom. The van der Waals surface area contributed by atoms with Crippen LogP contribution in [0.3, 0.4) is 0 Å². The molecule has 0 amide bonds. The van der Waals surface area contributed by atoms with E-state index < -0.39 is 23.9 Å². The first-order valence-corrected chi connectivity index (χ1v) is 15.8. The zero-order valence-electron chi connectivity index (χ0n) is 24.5. The zero-order chi connectivity index (χ0) is 30.2. The third kappa shape index (κ3) is 5.73. The maximum Gasteiger partial charge on any atom is 0.329 e. The number of carboxylic acid groups (broad SMARTS) is 1. The summed E-state index contributed by atoms with van der Waals surface area (Å²) in [6, 6.07) is 17.7. The minimum Gasteiger partial charge on any atom is -0.493 e. The number of benzene rings is 2. The van der Waals surface area contributed by atoms with E-state index in [2.05, 4.69) is 41.5 Å². The molecule has 3 aromatic rings. The van der Waals surface area contributed by atoms with Crippen LogP contribution >= 0.6 is 11.6 Å². The molecule has 1 heterocycles. The summed E-state index contributed by atoms with van der Waals surface area (Å²) >= 11 is 6.20. The Morgan fingerprint density at radius 1 is 1.14 bits per heavy atom. The fraction of sp³-hybridized carbons (Fsp3) is 0.486. The van der Waals surface area contributed by atoms with Crippen molar-refractivity contribution in [3.63, 3.8) is 0 Å². The molecule has 43 heavy (non-hydrogen) atoms. The standard InChI is InChI=1S/C35H39ClF2N2O3/c1-22(21-43-30-12-17-39-31-27(30)9-5-10-28(31)32(37)38)18-24-19-23-6-2-3-11-29(23)34(24)13-15-35(16-14-34,33(41)42)40-26-8-4-7-25(36)20-26/h2-4,6-8,11-12,17,20,22,24,28,32,40H,5,9-10,13-16,18-19,21H2,1H3,(H,41,42)/t22-,24?,28?,34?,35?/m1/s1. The summed E-state index contributed by atoms with van der Waals surface area (Å²) in [4.78, 5) is 17.0. The minimum atomic E-state index is -2.42. The second kappa shape index (κ2) is 12.1. The number of aromatic nitrogens is 1. The number of anilines is 1. The molecule has 1 spiro atoms. The largest absolute Gasteiger partial charge is 0.493 e. The van der Waals surface area contributed by atoms with Crippen LogP contribution in [0.1, 0.15) is 80.2 Å². The lowest BCUT2D eigenvalue weighted by Gasteiger charge is -2.47. The highest BCUT2D eigenvalue weighted by atomic mass is 35.5. The molecule has 0 saturated heterocycles. The Kier molecular flexibility index (Phi) is 8.38. The molecule has 0 radical (unpaired) electrons. The van der Waals surface area contributed by atoms with E-state index in [9.17, 15) is 18.7 Å². The summed E-state index contributed by atoms with van der Waals surface area (Å²) in [5, 5.41) is 14.3. The lowest BCUT2D eigenvalue weighted by molar-refractivity contribution is -0.144. The molecule has 5 nitrogen and oxygen atoms in total. The Labute approximate surface area is 257 Å². The van der Waals surface area contributed by atoms with Gasteiger partial charge >= 0.3 is 5.97 Å². The zero-order valence-corrected chi connectivity index (χ0v) is 25.3. The molecule has 6 rings (SSSR count). The number of carbonyl (C=O) groups is 1. The van der Waals surface area contributed by atoms with Gasteiger partial charge in [-0.15, -0.1) is 0 Å². The van der Waals surface area contributed by atoms with Crippen LogP contribution in [-0.4, -0.2) is 34.6 Å². The van der Waals surface area contributed by atoms with Gasteiger partial charge in [0.1, 0.15) is 11.3 Å². The predicted molar refractivity (Wildman–Crippen MR) is 164 cm³/mol. The van der Waals surface area contributed by atoms with Crippen molar-refractivity contribution >= 4 is 23.3 Å². The van der Waals surface area contributed by atoms with Crippen LogP contribution in [0.5, 0.6) is 5.75 Å². The van der Waals surface area contributed by atoms with Crippen LogP contribution in [0.25, 0.3) is 0 Å². The van der Waals surface area contributed by atoms with E-state index in [0.29, 0.717) is 61.1 Å². The molecule has 2 aromatic carbocycles. The minimum absolute atomic E-state index is 0.0971. The van der Waals surface area contributed by atoms with Gasteiger partial charge in [-0.25, -0.2) is 13.6 Å². The second-order valence-corrected chi connectivity index (χ2v) is 13.3. The number of ether oxygens (including phenoxy) is 1. The van der Waals surface area contributed by atoms with Gasteiger partial charge in [-0.2, -0.15) is 0 Å². The van der Waals surface area contributed by atoms with Gasteiger partial charge in [-0.1, -0.05) is 48.9 Å². The molecule has 8 heteroatoms. The molecule has 3 aliphatic rings. The van der Waals surface area contributed by atoms with Crippen LogP contribution in [0, 0.1) is 11.8 Å². The molecule has 1 saturated carbocycles. The van der Waals surface area contributed by atoms with Crippen molar-refractivity contribution in [3.05, 3.63) is 88.2 Å². The third-order valence-corrected chi connectivity index (χ3v) is 10.5. The van der Waals surface area contributed by atoms with Crippen LogP contribution in [0.4, 0.5) is 14.5 Å². The maximum absolute atomic E-state index is 13.7. The topological polar surface area (TPSA) is 71.5 Å². The van der Waals surface area contributed by atoms with E-state index in [1.165, 1.54) is 11.1 Å². The number of alkyl halides is 2. The number of nitrogens with zero attached hydrogens (tertiary/aromatic N) is 1. The molecule has 1 fully saturated rings. The van der Waals surface area contributed by atoms with E-state index in [0.717, 1.165) is 36.9 Å². The average Bonchev–Trinajstić information content (AvgIpc) is 3.29. The number of aliphatic carboxylic acids is 1. The van der Waals surface area contributed by atoms with Crippen LogP contribution in [0.2, 0.25) is 5.02 Å². The quantitative estimate of drug-likeness (QED) is 0.255. The Hall–Kier alpha value is -3.19. The molecular formula is C35H39ClF2N2O3. The molecule has 2 N–H and O–H groups in total. The van der Waals surface area contributed by atoms with Crippen molar-refractivity contribution < 1.29 is 23.4 Å². The fourth-order valence-electron chi connectivity index (χ4n) is 8.07. The normalized spacial score (nSPS) is 27.0. The van der Waals surface area contributed by atoms with Crippen LogP contribution < -0.4 is 10.1 Å². The summed E-state index contributed by atoms with van der Waals surface area (Å²) in [5.74, 6) is -0.385. The van der Waals surface area contributed by atoms with Crippen LogP contribution in [-0.2, 0) is 23.1 Å². The highest BCUT2D eigenvalue weighted by Crippen LogP contribution is 2.56. The van der Waals surface area contributed by atoms with Crippen molar-refractivity contribution in [1.29, 1.82) is 0 Å². The van der Waals surface area contributed by atoms with Gasteiger partial charge in [0.05, 0.1) is 18.2 Å². The van der Waals surface area contributed by atoms with Gasteiger partial charge in [0, 0.05) is 22.5 Å². The van der Waals surface area contributed by atoms with Crippen molar-refractivity contribution in [2.24, 2.45) is 11.8 Å². The number of hydrogen-bond donors (Lipinski definition) is 2. The van der Waals surface area contributed by atoms with Crippen molar-refractivity contribution in [1.82, 2.24) is 4.98 Å². The van der Waals surface area contributed by atoms with E-state index in [1.807, 2.05) is 18.2 Å². The molecule has 2 unspecified atom stereocenters. The number of fused-ring (bicyclic) bond motifs is 3. The van der Waals surface area contributed by atoms with Gasteiger partial charge in [0.15, 0.2) is 0 Å². The van der Waals surface area contributed by atoms with Crippen molar-refractivity contribution in [2.45, 2.75) is 88.0 Å². The number of hydrogen-bond acceptors (Lipinski definition) is 4. The molecule has 3 atom stereocenters. The van der Waals surface area contributed by atoms with E-state index >= 15 is 0 Å². The van der Waals surface area contributed by atoms with Crippen LogP contribution in [0.15, 0.2) is 60.8 Å². The average molecular weight is 609 g/mol. The van der Waals surface area contributed by atoms with E-state index in [4.69, 9.17) is 16.3 Å². The first kappa shape index (κ1) is 29.9. The van der Waals surface area contributed by atoms with Gasteiger partial charge in [0.25, 0.3) is 0 Å². The second-order valence-electron chi connectivity index (χ2n) is 12.9. The molecule has 0 aliphatic heterocycles. The monoisotopic (exact) mass is 608 g/mol. The Morgan fingerprint density at radius 2 is 1.93 bits per heavy atom. The molecule has 228 valence electrons. The summed E-state index contributed by atoms with van der Waals surface area (Å²) in [6.45, 7) is 2.69. The SMILES string of the molecule is C[C@@H](COc1ccnc2c1CCCC2C(F)F)CC1Cc2ccccc2C12CCC(Nc1cccc(Cl)c1)(C(=O)O)CC2. The first-order chi connectivity index (χ1) is 20.7. The number of halogens is 3. The highest BCUT2D eigenvalue weighted by molar-refractivity contribution is 6.30. The van der Waals surface area contributed by atoms with E-state index in [-0.39, 0.29) is 11.3 Å². The van der Waals surface area contributed by atoms with Gasteiger partial charge in [-0.05, 0) is 110 Å². The van der Waals surface area contributed by atoms with Gasteiger partial charge < -0.3 is 15.2 Å². The lowest BCUT2D eigenvalue weighted by Crippen LogP contribution is -2.53. The summed E-state index contributed by atoms with van der Waals surface area (Å²) < 4.78 is 33.6. The lowest BCUT2D eigenvalue weighted by atomic mass is 9.59. The number of pyridine rings is 1. The molecule has 3 aliphatic carbocycles.